The number of nitrogens with zero attached hydrogens (tertiary/aromatic N) is 6. The summed E-state index contributed by atoms with van der Waals surface area (Å²) in [4.78, 5) is 33.4. The summed E-state index contributed by atoms with van der Waals surface area (Å²) in [5.74, 6) is 1.67. The van der Waals surface area contributed by atoms with E-state index < -0.39 is 0 Å². The van der Waals surface area contributed by atoms with Crippen molar-refractivity contribution >= 4 is 23.5 Å². The molecule has 1 saturated heterocycles. The molecule has 6 atom stereocenters. The van der Waals surface area contributed by atoms with Gasteiger partial charge in [-0.3, -0.25) is 9.59 Å². The van der Waals surface area contributed by atoms with Crippen molar-refractivity contribution < 1.29 is 32.1 Å². The summed E-state index contributed by atoms with van der Waals surface area (Å²) in [6.45, 7) is 1.63. The molecular weight excluding hydrogens is 508 g/mol. The van der Waals surface area contributed by atoms with Crippen molar-refractivity contribution in [3.05, 3.63) is 33.4 Å². The van der Waals surface area contributed by atoms with Gasteiger partial charge in [-0.1, -0.05) is 63.9 Å². The Bertz CT molecular complexity index is 857. The number of amidine groups is 2. The van der Waals surface area contributed by atoms with E-state index in [9.17, 15) is 9.59 Å². The second-order valence-corrected chi connectivity index (χ2v) is 10.3. The monoisotopic (exact) mass is 546 g/mol. The van der Waals surface area contributed by atoms with E-state index >= 15 is 0 Å². The van der Waals surface area contributed by atoms with Crippen LogP contribution in [0.4, 0.5) is 0 Å². The first-order chi connectivity index (χ1) is 16.7. The molecule has 205 valence electrons. The molecule has 3 N–H and O–H groups in total. The summed E-state index contributed by atoms with van der Waals surface area (Å²) < 4.78 is 0. The van der Waals surface area contributed by atoms with E-state index in [4.69, 9.17) is 4.99 Å². The molecule has 0 spiro atoms. The number of rotatable bonds is 2. The minimum Gasteiger partial charge on any atom is -0.656 e. The van der Waals surface area contributed by atoms with Crippen LogP contribution in [0.2, 0.25) is 0 Å². The fourth-order valence-electron chi connectivity index (χ4n) is 5.97. The predicted octanol–water partition coefficient (Wildman–Crippen LogP) is 4.42. The molecule has 6 rings (SSSR count). The molecule has 0 aromatic rings. The molecule has 6 unspecified atom stereocenters. The standard InChI is InChI=1S/C13H20N3O.C13H18N3O.Cu.H2O/c2*17-13-9-5-1-2-6-10(9)15-12(16-13)11-7-3-4-8-14-11;;/h9-11H,1-8H2,(H,15,16,17);3-4,9-11H,1-2,5-8H2,(H,15,16,17);;1H2/q2*-1;;/p-1. The molecule has 2 amide bonds. The van der Waals surface area contributed by atoms with Crippen molar-refractivity contribution in [1.29, 1.82) is 0 Å². The van der Waals surface area contributed by atoms with Gasteiger partial charge in [-0.15, -0.1) is 42.9 Å². The van der Waals surface area contributed by atoms with E-state index in [0.29, 0.717) is 5.84 Å². The Kier molecular flexibility index (Phi) is 11.1. The van der Waals surface area contributed by atoms with Crippen molar-refractivity contribution in [2.24, 2.45) is 21.8 Å². The van der Waals surface area contributed by atoms with Gasteiger partial charge in [-0.05, 0) is 31.3 Å². The van der Waals surface area contributed by atoms with Crippen molar-refractivity contribution in [2.45, 2.75) is 101 Å². The average molecular weight is 547 g/mol. The maximum absolute atomic E-state index is 12.0. The Morgan fingerprint density at radius 1 is 0.667 bits per heavy atom. The Morgan fingerprint density at radius 2 is 1.22 bits per heavy atom. The van der Waals surface area contributed by atoms with Crippen LogP contribution in [0.3, 0.4) is 0 Å². The largest absolute Gasteiger partial charge is 0.656 e. The molecular formula is C26H39CuN6O3-3. The predicted molar refractivity (Wildman–Crippen MR) is 140 cm³/mol. The van der Waals surface area contributed by atoms with E-state index in [1.54, 1.807) is 0 Å². The van der Waals surface area contributed by atoms with Crippen LogP contribution >= 0.6 is 0 Å². The summed E-state index contributed by atoms with van der Waals surface area (Å²) in [6, 6.07) is 0.521. The molecule has 0 aromatic carbocycles. The first-order valence-corrected chi connectivity index (χ1v) is 13.3. The molecule has 0 bridgehead atoms. The minimum absolute atomic E-state index is 0. The number of carbonyl (C=O) groups is 2. The zero-order chi connectivity index (χ0) is 23.3. The number of carbonyl (C=O) groups excluding carboxylic acids is 2. The Balaban J connectivity index is 0.000000190. The molecule has 3 fully saturated rings. The Labute approximate surface area is 225 Å². The number of aliphatic imine (C=N–C) groups is 2. The molecule has 0 aromatic heterocycles. The van der Waals surface area contributed by atoms with Gasteiger partial charge < -0.3 is 36.7 Å². The molecule has 4 aliphatic heterocycles. The zero-order valence-electron chi connectivity index (χ0n) is 20.9. The van der Waals surface area contributed by atoms with Gasteiger partial charge in [0, 0.05) is 28.9 Å². The average Bonchev–Trinajstić information content (AvgIpc) is 2.90. The number of hydrogen-bond acceptors (Lipinski definition) is 4. The molecule has 4 heterocycles. The Morgan fingerprint density at radius 3 is 1.75 bits per heavy atom. The number of hydrogen-bond donors (Lipinski definition) is 0. The van der Waals surface area contributed by atoms with Gasteiger partial charge in [-0.2, -0.15) is 0 Å². The van der Waals surface area contributed by atoms with Crippen molar-refractivity contribution in [1.82, 2.24) is 0 Å². The first kappa shape index (κ1) is 29.0. The minimum atomic E-state index is 0. The van der Waals surface area contributed by atoms with Crippen LogP contribution in [-0.4, -0.2) is 60.7 Å². The third kappa shape index (κ3) is 6.84. The molecule has 36 heavy (non-hydrogen) atoms. The second kappa shape index (κ2) is 13.8. The quantitative estimate of drug-likeness (QED) is 0.286. The maximum Gasteiger partial charge on any atom is 0.150 e. The van der Waals surface area contributed by atoms with E-state index in [-0.39, 0.29) is 70.4 Å². The summed E-state index contributed by atoms with van der Waals surface area (Å²) in [5.41, 5.74) is 0. The van der Waals surface area contributed by atoms with E-state index in [1.165, 1.54) is 25.7 Å². The summed E-state index contributed by atoms with van der Waals surface area (Å²) >= 11 is 0. The van der Waals surface area contributed by atoms with Crippen LogP contribution in [0, 0.1) is 11.8 Å². The summed E-state index contributed by atoms with van der Waals surface area (Å²) in [5, 5.41) is 17.4. The number of amides is 2. The van der Waals surface area contributed by atoms with Crippen molar-refractivity contribution in [2.75, 3.05) is 13.1 Å². The molecule has 10 heteroatoms. The van der Waals surface area contributed by atoms with Gasteiger partial charge in [0.05, 0.1) is 0 Å². The van der Waals surface area contributed by atoms with E-state index in [2.05, 4.69) is 32.3 Å². The SMILES string of the molecule is O=C1[N-]C(C2CC=CC[N-]2)=NC2CCCCC12.O=C1[N-]C(C2CCCC[N-]2)=NC2CCCCC12.[Cu].[OH3+]. The van der Waals surface area contributed by atoms with Gasteiger partial charge in [0.1, 0.15) is 11.8 Å². The van der Waals surface area contributed by atoms with Gasteiger partial charge in [-0.25, -0.2) is 0 Å². The zero-order valence-corrected chi connectivity index (χ0v) is 21.8. The van der Waals surface area contributed by atoms with Gasteiger partial charge >= 0.3 is 0 Å². The van der Waals surface area contributed by atoms with Crippen LogP contribution in [0.25, 0.3) is 21.3 Å². The summed E-state index contributed by atoms with van der Waals surface area (Å²) in [6.07, 6.45) is 17.1. The number of fused-ring (bicyclic) bond motifs is 2. The third-order valence-corrected chi connectivity index (χ3v) is 7.93. The second-order valence-electron chi connectivity index (χ2n) is 10.3. The van der Waals surface area contributed by atoms with Crippen LogP contribution in [-0.2, 0) is 32.1 Å². The van der Waals surface area contributed by atoms with E-state index in [1.807, 2.05) is 6.08 Å². The number of piperidine rings is 1. The first-order valence-electron chi connectivity index (χ1n) is 13.3. The Hall–Kier alpha value is -1.58. The van der Waals surface area contributed by atoms with Crippen molar-refractivity contribution in [3.63, 3.8) is 0 Å². The molecule has 6 aliphatic rings. The maximum atomic E-state index is 12.0. The molecule has 1 radical (unpaired) electrons. The van der Waals surface area contributed by atoms with Gasteiger partial charge in [0.2, 0.25) is 0 Å². The molecule has 9 nitrogen and oxygen atoms in total. The van der Waals surface area contributed by atoms with E-state index in [0.717, 1.165) is 70.3 Å². The van der Waals surface area contributed by atoms with Crippen LogP contribution in [0.5, 0.6) is 0 Å². The molecule has 2 aliphatic carbocycles. The fourth-order valence-corrected chi connectivity index (χ4v) is 5.97. The topological polar surface area (TPSA) is 148 Å². The smallest absolute Gasteiger partial charge is 0.150 e. The van der Waals surface area contributed by atoms with Crippen LogP contribution < -0.4 is 0 Å². The summed E-state index contributed by atoms with van der Waals surface area (Å²) in [7, 11) is 0. The normalized spacial score (nSPS) is 35.4. The molecule has 2 saturated carbocycles. The van der Waals surface area contributed by atoms with Gasteiger partial charge in [0.25, 0.3) is 0 Å². The van der Waals surface area contributed by atoms with Crippen LogP contribution in [0.15, 0.2) is 22.1 Å². The van der Waals surface area contributed by atoms with Gasteiger partial charge in [0.15, 0.2) is 0 Å². The fraction of sp³-hybridized carbons (Fsp3) is 0.769. The van der Waals surface area contributed by atoms with Crippen LogP contribution in [0.1, 0.15) is 77.0 Å². The third-order valence-electron chi connectivity index (χ3n) is 7.93. The van der Waals surface area contributed by atoms with Crippen molar-refractivity contribution in [3.8, 4) is 0 Å².